The van der Waals surface area contributed by atoms with Gasteiger partial charge in [0.15, 0.2) is 0 Å². The van der Waals surface area contributed by atoms with Crippen molar-refractivity contribution in [2.45, 2.75) is 13.0 Å². The van der Waals surface area contributed by atoms with Crippen molar-refractivity contribution in [1.82, 2.24) is 9.80 Å². The number of furan rings is 1. The fourth-order valence-electron chi connectivity index (χ4n) is 3.46. The highest BCUT2D eigenvalue weighted by atomic mass is 19.1. The second kappa shape index (κ2) is 7.30. The Hall–Kier alpha value is -2.66. The summed E-state index contributed by atoms with van der Waals surface area (Å²) in [6, 6.07) is 14.8. The summed E-state index contributed by atoms with van der Waals surface area (Å²) in [4.78, 5) is 16.9. The van der Waals surface area contributed by atoms with E-state index >= 15 is 0 Å². The number of piperazine rings is 1. The molecule has 0 spiro atoms. The molecule has 2 heterocycles. The first kappa shape index (κ1) is 16.8. The molecule has 4 nitrogen and oxygen atoms in total. The van der Waals surface area contributed by atoms with Gasteiger partial charge >= 0.3 is 0 Å². The van der Waals surface area contributed by atoms with Gasteiger partial charge in [-0.3, -0.25) is 9.69 Å². The Balaban J connectivity index is 1.35. The molecule has 1 amide bonds. The van der Waals surface area contributed by atoms with Crippen LogP contribution >= 0.6 is 0 Å². The Labute approximate surface area is 151 Å². The third kappa shape index (κ3) is 3.63. The molecule has 0 N–H and O–H groups in total. The molecule has 1 aromatic heterocycles. The van der Waals surface area contributed by atoms with Gasteiger partial charge in [0.2, 0.25) is 5.91 Å². The summed E-state index contributed by atoms with van der Waals surface area (Å²) in [6.45, 7) is 4.07. The SMILES string of the molecule is O=C(Cc1coc2ccc(F)cc12)N1CCN(Cc2ccccc2)CC1. The number of hydrogen-bond acceptors (Lipinski definition) is 3. The van der Waals surface area contributed by atoms with E-state index in [1.165, 1.54) is 17.7 Å². The minimum atomic E-state index is -0.317. The minimum Gasteiger partial charge on any atom is -0.464 e. The Morgan fingerprint density at radius 3 is 2.58 bits per heavy atom. The van der Waals surface area contributed by atoms with Crippen LogP contribution in [0, 0.1) is 5.82 Å². The predicted molar refractivity (Wildman–Crippen MR) is 98.2 cm³/mol. The molecular formula is C21H21FN2O2. The summed E-state index contributed by atoms with van der Waals surface area (Å²) in [5.74, 6) is -0.251. The van der Waals surface area contributed by atoms with Crippen LogP contribution in [0.2, 0.25) is 0 Å². The molecule has 4 rings (SSSR count). The highest BCUT2D eigenvalue weighted by Gasteiger charge is 2.22. The third-order valence-electron chi connectivity index (χ3n) is 4.93. The van der Waals surface area contributed by atoms with Crippen LogP contribution in [0.4, 0.5) is 4.39 Å². The van der Waals surface area contributed by atoms with Gasteiger partial charge in [0.25, 0.3) is 0 Å². The van der Waals surface area contributed by atoms with Gasteiger partial charge in [-0.05, 0) is 23.8 Å². The molecule has 2 aromatic carbocycles. The molecule has 1 saturated heterocycles. The molecular weight excluding hydrogens is 331 g/mol. The molecule has 0 bridgehead atoms. The molecule has 1 fully saturated rings. The van der Waals surface area contributed by atoms with Crippen molar-refractivity contribution in [3.63, 3.8) is 0 Å². The number of carbonyl (C=O) groups is 1. The van der Waals surface area contributed by atoms with Gasteiger partial charge in [0.05, 0.1) is 12.7 Å². The molecule has 0 atom stereocenters. The molecule has 5 heteroatoms. The van der Waals surface area contributed by atoms with E-state index in [-0.39, 0.29) is 18.1 Å². The molecule has 1 aliphatic rings. The average Bonchev–Trinajstić information content (AvgIpc) is 3.05. The lowest BCUT2D eigenvalue weighted by Gasteiger charge is -2.34. The highest BCUT2D eigenvalue weighted by molar-refractivity contribution is 5.87. The number of rotatable bonds is 4. The first-order valence-electron chi connectivity index (χ1n) is 8.89. The average molecular weight is 352 g/mol. The van der Waals surface area contributed by atoms with Gasteiger partial charge in [-0.25, -0.2) is 4.39 Å². The van der Waals surface area contributed by atoms with E-state index in [0.717, 1.165) is 38.3 Å². The summed E-state index contributed by atoms with van der Waals surface area (Å²) in [6.07, 6.45) is 1.81. The van der Waals surface area contributed by atoms with Crippen molar-refractivity contribution in [1.29, 1.82) is 0 Å². The third-order valence-corrected chi connectivity index (χ3v) is 4.93. The maximum absolute atomic E-state index is 13.5. The molecule has 0 aliphatic carbocycles. The van der Waals surface area contributed by atoms with Gasteiger partial charge in [0, 0.05) is 43.7 Å². The van der Waals surface area contributed by atoms with Crippen molar-refractivity contribution in [2.24, 2.45) is 0 Å². The van der Waals surface area contributed by atoms with Crippen LogP contribution in [-0.4, -0.2) is 41.9 Å². The van der Waals surface area contributed by atoms with Crippen molar-refractivity contribution < 1.29 is 13.6 Å². The minimum absolute atomic E-state index is 0.0660. The number of hydrogen-bond donors (Lipinski definition) is 0. The fraction of sp³-hybridized carbons (Fsp3) is 0.286. The summed E-state index contributed by atoms with van der Waals surface area (Å²) in [5.41, 5.74) is 2.65. The quantitative estimate of drug-likeness (QED) is 0.722. The number of carbonyl (C=O) groups excluding carboxylic acids is 1. The van der Waals surface area contributed by atoms with Gasteiger partial charge in [-0.2, -0.15) is 0 Å². The molecule has 0 radical (unpaired) electrons. The standard InChI is InChI=1S/C21H21FN2O2/c22-18-6-7-20-19(13-18)17(15-26-20)12-21(25)24-10-8-23(9-11-24)14-16-4-2-1-3-5-16/h1-7,13,15H,8-12,14H2. The van der Waals surface area contributed by atoms with Crippen LogP contribution < -0.4 is 0 Å². The predicted octanol–water partition coefficient (Wildman–Crippen LogP) is 3.46. The van der Waals surface area contributed by atoms with Gasteiger partial charge in [-0.15, -0.1) is 0 Å². The fourth-order valence-corrected chi connectivity index (χ4v) is 3.46. The molecule has 0 saturated carbocycles. The van der Waals surface area contributed by atoms with Crippen LogP contribution in [0.15, 0.2) is 59.2 Å². The zero-order valence-corrected chi connectivity index (χ0v) is 14.5. The lowest BCUT2D eigenvalue weighted by atomic mass is 10.1. The second-order valence-electron chi connectivity index (χ2n) is 6.72. The summed E-state index contributed by atoms with van der Waals surface area (Å²) >= 11 is 0. The zero-order chi connectivity index (χ0) is 17.9. The van der Waals surface area contributed by atoms with E-state index < -0.39 is 0 Å². The Morgan fingerprint density at radius 2 is 1.81 bits per heavy atom. The Bertz CT molecular complexity index is 899. The van der Waals surface area contributed by atoms with Crippen LogP contribution in [-0.2, 0) is 17.8 Å². The number of nitrogens with zero attached hydrogens (tertiary/aromatic N) is 2. The first-order valence-corrected chi connectivity index (χ1v) is 8.89. The Kier molecular flexibility index (Phi) is 4.71. The van der Waals surface area contributed by atoms with Crippen molar-refractivity contribution in [3.05, 3.63) is 71.7 Å². The Morgan fingerprint density at radius 1 is 1.04 bits per heavy atom. The van der Waals surface area contributed by atoms with E-state index in [1.807, 2.05) is 23.1 Å². The normalized spacial score (nSPS) is 15.5. The number of halogens is 1. The largest absolute Gasteiger partial charge is 0.464 e. The van der Waals surface area contributed by atoms with E-state index in [1.54, 1.807) is 12.3 Å². The van der Waals surface area contributed by atoms with Gasteiger partial charge in [-0.1, -0.05) is 30.3 Å². The lowest BCUT2D eigenvalue weighted by molar-refractivity contribution is -0.132. The molecule has 26 heavy (non-hydrogen) atoms. The molecule has 134 valence electrons. The maximum Gasteiger partial charge on any atom is 0.227 e. The summed E-state index contributed by atoms with van der Waals surface area (Å²) < 4.78 is 18.9. The number of amides is 1. The van der Waals surface area contributed by atoms with Crippen LogP contribution in [0.25, 0.3) is 11.0 Å². The highest BCUT2D eigenvalue weighted by Crippen LogP contribution is 2.23. The molecule has 0 unspecified atom stereocenters. The van der Waals surface area contributed by atoms with E-state index in [2.05, 4.69) is 17.0 Å². The van der Waals surface area contributed by atoms with Crippen molar-refractivity contribution >= 4 is 16.9 Å². The first-order chi connectivity index (χ1) is 12.7. The smallest absolute Gasteiger partial charge is 0.227 e. The van der Waals surface area contributed by atoms with Gasteiger partial charge in [0.1, 0.15) is 11.4 Å². The summed E-state index contributed by atoms with van der Waals surface area (Å²) in [5, 5.41) is 0.682. The van der Waals surface area contributed by atoms with E-state index in [4.69, 9.17) is 4.42 Å². The van der Waals surface area contributed by atoms with Crippen molar-refractivity contribution in [3.8, 4) is 0 Å². The maximum atomic E-state index is 13.5. The van der Waals surface area contributed by atoms with E-state index in [9.17, 15) is 9.18 Å². The lowest BCUT2D eigenvalue weighted by Crippen LogP contribution is -2.48. The van der Waals surface area contributed by atoms with Crippen LogP contribution in [0.5, 0.6) is 0 Å². The van der Waals surface area contributed by atoms with Gasteiger partial charge < -0.3 is 9.32 Å². The number of benzene rings is 2. The van der Waals surface area contributed by atoms with Crippen LogP contribution in [0.1, 0.15) is 11.1 Å². The summed E-state index contributed by atoms with van der Waals surface area (Å²) in [7, 11) is 0. The van der Waals surface area contributed by atoms with Crippen molar-refractivity contribution in [2.75, 3.05) is 26.2 Å². The van der Waals surface area contributed by atoms with Crippen LogP contribution in [0.3, 0.4) is 0 Å². The molecule has 3 aromatic rings. The van der Waals surface area contributed by atoms with E-state index in [0.29, 0.717) is 11.0 Å². The number of fused-ring (bicyclic) bond motifs is 1. The topological polar surface area (TPSA) is 36.7 Å². The molecule has 1 aliphatic heterocycles. The second-order valence-corrected chi connectivity index (χ2v) is 6.72. The zero-order valence-electron chi connectivity index (χ0n) is 14.5. The monoisotopic (exact) mass is 352 g/mol.